The van der Waals surface area contributed by atoms with Crippen LogP contribution in [0.25, 0.3) is 0 Å². The summed E-state index contributed by atoms with van der Waals surface area (Å²) in [5.41, 5.74) is 0. The summed E-state index contributed by atoms with van der Waals surface area (Å²) in [5, 5.41) is 3.04. The van der Waals surface area contributed by atoms with Gasteiger partial charge >= 0.3 is 0 Å². The summed E-state index contributed by atoms with van der Waals surface area (Å²) in [6, 6.07) is 0. The fraction of sp³-hybridized carbons (Fsp3) is 0.429. The zero-order valence-corrected chi connectivity index (χ0v) is 6.58. The fourth-order valence-electron chi connectivity index (χ4n) is 0.353. The van der Waals surface area contributed by atoms with E-state index in [0.717, 1.165) is 13.0 Å². The van der Waals surface area contributed by atoms with Gasteiger partial charge in [0.05, 0.1) is 0 Å². The van der Waals surface area contributed by atoms with Crippen LogP contribution in [-0.2, 0) is 0 Å². The van der Waals surface area contributed by atoms with Crippen molar-refractivity contribution in [1.29, 1.82) is 0 Å². The lowest BCUT2D eigenvalue weighted by Gasteiger charge is -1.89. The van der Waals surface area contributed by atoms with Gasteiger partial charge in [-0.2, -0.15) is 0 Å². The highest BCUT2D eigenvalue weighted by Crippen LogP contribution is 1.74. The summed E-state index contributed by atoms with van der Waals surface area (Å²) in [6.07, 6.45) is 6.94. The normalized spacial score (nSPS) is 8.56. The van der Waals surface area contributed by atoms with Crippen LogP contribution in [-0.4, -0.2) is 6.54 Å². The fourth-order valence-corrected chi connectivity index (χ4v) is 0.353. The first kappa shape index (κ1) is 11.4. The molecule has 1 nitrogen and oxygen atoms in total. The Balaban J connectivity index is 0. The van der Waals surface area contributed by atoms with Gasteiger partial charge < -0.3 is 5.32 Å². The molecule has 0 aromatic carbocycles. The summed E-state index contributed by atoms with van der Waals surface area (Å²) in [5.74, 6) is 0. The molecule has 0 radical (unpaired) electrons. The molecule has 0 spiro atoms. The standard InChI is InChI=1S/C7H13N.ClH/c1-3-5-7-8-6-4-2;/h4-5,7-8H,2-3,6H2,1H3;1H/b7-5+;. The number of halogens is 1. The molecule has 0 aromatic heterocycles. The SMILES string of the molecule is C=CCN/C=C/CC.Cl. The van der Waals surface area contributed by atoms with Gasteiger partial charge in [0.15, 0.2) is 0 Å². The Morgan fingerprint density at radius 3 is 2.67 bits per heavy atom. The van der Waals surface area contributed by atoms with E-state index in [1.165, 1.54) is 0 Å². The van der Waals surface area contributed by atoms with Gasteiger partial charge in [-0.05, 0) is 12.6 Å². The number of hydrogen-bond acceptors (Lipinski definition) is 1. The van der Waals surface area contributed by atoms with Crippen molar-refractivity contribution in [2.24, 2.45) is 0 Å². The molecule has 0 rings (SSSR count). The molecule has 0 heterocycles. The number of nitrogens with one attached hydrogen (secondary N) is 1. The van der Waals surface area contributed by atoms with Gasteiger partial charge in [0.2, 0.25) is 0 Å². The van der Waals surface area contributed by atoms with Crippen LogP contribution < -0.4 is 5.32 Å². The third kappa shape index (κ3) is 11.2. The third-order valence-corrected chi connectivity index (χ3v) is 0.734. The van der Waals surface area contributed by atoms with Crippen LogP contribution in [0.4, 0.5) is 0 Å². The van der Waals surface area contributed by atoms with Gasteiger partial charge in [-0.25, -0.2) is 0 Å². The first-order chi connectivity index (χ1) is 3.91. The van der Waals surface area contributed by atoms with E-state index in [9.17, 15) is 0 Å². The molecule has 2 heteroatoms. The smallest absolute Gasteiger partial charge is 0.0322 e. The van der Waals surface area contributed by atoms with Gasteiger partial charge in [-0.1, -0.05) is 19.1 Å². The summed E-state index contributed by atoms with van der Waals surface area (Å²) in [4.78, 5) is 0. The maximum Gasteiger partial charge on any atom is 0.0322 e. The molecule has 0 amide bonds. The van der Waals surface area contributed by atoms with Crippen molar-refractivity contribution < 1.29 is 0 Å². The second-order valence-electron chi connectivity index (χ2n) is 1.51. The van der Waals surface area contributed by atoms with Crippen molar-refractivity contribution in [1.82, 2.24) is 5.32 Å². The second-order valence-corrected chi connectivity index (χ2v) is 1.51. The zero-order valence-electron chi connectivity index (χ0n) is 5.76. The Labute approximate surface area is 63.3 Å². The molecule has 0 aromatic rings. The van der Waals surface area contributed by atoms with E-state index in [1.54, 1.807) is 0 Å². The van der Waals surface area contributed by atoms with E-state index in [1.807, 2.05) is 12.3 Å². The number of rotatable bonds is 4. The topological polar surface area (TPSA) is 12.0 Å². The average molecular weight is 148 g/mol. The molecule has 0 saturated carbocycles. The van der Waals surface area contributed by atoms with Crippen molar-refractivity contribution in [3.8, 4) is 0 Å². The lowest BCUT2D eigenvalue weighted by molar-refractivity contribution is 0.975. The predicted octanol–water partition coefficient (Wildman–Crippen LogP) is 2.11. The number of allylic oxidation sites excluding steroid dienone is 1. The summed E-state index contributed by atoms with van der Waals surface area (Å²) in [7, 11) is 0. The summed E-state index contributed by atoms with van der Waals surface area (Å²) >= 11 is 0. The lowest BCUT2D eigenvalue weighted by Crippen LogP contribution is -2.02. The molecular weight excluding hydrogens is 134 g/mol. The van der Waals surface area contributed by atoms with Gasteiger partial charge in [0.1, 0.15) is 0 Å². The van der Waals surface area contributed by atoms with Gasteiger partial charge in [0, 0.05) is 6.54 Å². The van der Waals surface area contributed by atoms with Crippen molar-refractivity contribution >= 4 is 12.4 Å². The number of hydrogen-bond donors (Lipinski definition) is 1. The molecule has 0 atom stereocenters. The molecule has 0 aliphatic rings. The maximum atomic E-state index is 3.56. The minimum absolute atomic E-state index is 0. The largest absolute Gasteiger partial charge is 0.388 e. The molecule has 0 fully saturated rings. The van der Waals surface area contributed by atoms with Crippen LogP contribution in [0.1, 0.15) is 13.3 Å². The molecule has 0 aliphatic heterocycles. The Morgan fingerprint density at radius 1 is 1.56 bits per heavy atom. The highest BCUT2D eigenvalue weighted by Gasteiger charge is 1.66. The van der Waals surface area contributed by atoms with Gasteiger partial charge in [-0.15, -0.1) is 19.0 Å². The van der Waals surface area contributed by atoms with E-state index in [0.29, 0.717) is 0 Å². The Hall–Kier alpha value is -0.430. The van der Waals surface area contributed by atoms with Crippen LogP contribution >= 0.6 is 12.4 Å². The average Bonchev–Trinajstić information content (AvgIpc) is 1.81. The lowest BCUT2D eigenvalue weighted by atomic mass is 10.5. The third-order valence-electron chi connectivity index (χ3n) is 0.734. The second kappa shape index (κ2) is 10.5. The molecule has 0 unspecified atom stereocenters. The first-order valence-electron chi connectivity index (χ1n) is 2.91. The van der Waals surface area contributed by atoms with Crippen LogP contribution in [0.3, 0.4) is 0 Å². The van der Waals surface area contributed by atoms with Crippen LogP contribution in [0.15, 0.2) is 24.9 Å². The highest BCUT2D eigenvalue weighted by molar-refractivity contribution is 5.85. The van der Waals surface area contributed by atoms with Crippen molar-refractivity contribution in [2.75, 3.05) is 6.54 Å². The monoisotopic (exact) mass is 147 g/mol. The highest BCUT2D eigenvalue weighted by atomic mass is 35.5. The molecule has 54 valence electrons. The predicted molar refractivity (Wildman–Crippen MR) is 44.9 cm³/mol. The van der Waals surface area contributed by atoms with Crippen LogP contribution in [0, 0.1) is 0 Å². The van der Waals surface area contributed by atoms with E-state index in [2.05, 4.69) is 24.9 Å². The molecule has 1 N–H and O–H groups in total. The van der Waals surface area contributed by atoms with Crippen molar-refractivity contribution in [3.05, 3.63) is 24.9 Å². The van der Waals surface area contributed by atoms with E-state index < -0.39 is 0 Å². The summed E-state index contributed by atoms with van der Waals surface area (Å²) < 4.78 is 0. The minimum Gasteiger partial charge on any atom is -0.388 e. The molecule has 0 aliphatic carbocycles. The van der Waals surface area contributed by atoms with E-state index in [4.69, 9.17) is 0 Å². The minimum atomic E-state index is 0. The molecule has 9 heavy (non-hydrogen) atoms. The van der Waals surface area contributed by atoms with E-state index >= 15 is 0 Å². The van der Waals surface area contributed by atoms with Gasteiger partial charge in [-0.3, -0.25) is 0 Å². The molecule has 0 saturated heterocycles. The molecular formula is C7H14ClN. The quantitative estimate of drug-likeness (QED) is 0.475. The van der Waals surface area contributed by atoms with Crippen LogP contribution in [0.2, 0.25) is 0 Å². The maximum absolute atomic E-state index is 3.56. The first-order valence-corrected chi connectivity index (χ1v) is 2.91. The van der Waals surface area contributed by atoms with Crippen molar-refractivity contribution in [2.45, 2.75) is 13.3 Å². The Bertz CT molecular complexity index is 79.0. The Kier molecular flexibility index (Phi) is 13.3. The van der Waals surface area contributed by atoms with Crippen molar-refractivity contribution in [3.63, 3.8) is 0 Å². The van der Waals surface area contributed by atoms with Gasteiger partial charge in [0.25, 0.3) is 0 Å². The van der Waals surface area contributed by atoms with Crippen LogP contribution in [0.5, 0.6) is 0 Å². The Morgan fingerprint density at radius 2 is 2.22 bits per heavy atom. The zero-order chi connectivity index (χ0) is 6.24. The van der Waals surface area contributed by atoms with E-state index in [-0.39, 0.29) is 12.4 Å². The summed E-state index contributed by atoms with van der Waals surface area (Å²) in [6.45, 7) is 6.52. The molecule has 0 bridgehead atoms.